The molecule has 7 heteroatoms. The molecule has 1 unspecified atom stereocenters. The molecular weight excluding hydrogens is 476 g/mol. The summed E-state index contributed by atoms with van der Waals surface area (Å²) < 4.78 is 5.46. The fraction of sp³-hybridized carbons (Fsp3) is 0.194. The predicted octanol–water partition coefficient (Wildman–Crippen LogP) is 6.05. The third kappa shape index (κ3) is 5.09. The number of imidazole rings is 1. The normalized spacial score (nSPS) is 15.2. The third-order valence-electron chi connectivity index (χ3n) is 6.99. The molecule has 1 aliphatic rings. The van der Waals surface area contributed by atoms with Crippen molar-refractivity contribution in [1.29, 1.82) is 0 Å². The monoisotopic (exact) mass is 504 g/mol. The summed E-state index contributed by atoms with van der Waals surface area (Å²) in [5.41, 5.74) is 4.66. The van der Waals surface area contributed by atoms with Crippen LogP contribution in [0.2, 0.25) is 0 Å². The highest BCUT2D eigenvalue weighted by Crippen LogP contribution is 2.23. The molecule has 5 aromatic rings. The first kappa shape index (κ1) is 23.7. The van der Waals surface area contributed by atoms with E-state index < -0.39 is 12.1 Å². The van der Waals surface area contributed by atoms with Gasteiger partial charge in [0.2, 0.25) is 5.91 Å². The number of hydrogen-bond acceptors (Lipinski definition) is 4. The quantitative estimate of drug-likeness (QED) is 0.295. The van der Waals surface area contributed by atoms with Crippen molar-refractivity contribution < 1.29 is 14.3 Å². The number of amides is 2. The zero-order chi connectivity index (χ0) is 25.9. The molecule has 0 bridgehead atoms. The summed E-state index contributed by atoms with van der Waals surface area (Å²) in [6, 6.07) is 29.2. The number of likely N-dealkylation sites (tertiary alicyclic amines) is 1. The molecule has 190 valence electrons. The lowest BCUT2D eigenvalue weighted by atomic mass is 10.1. The summed E-state index contributed by atoms with van der Waals surface area (Å²) in [7, 11) is 0. The van der Waals surface area contributed by atoms with Crippen LogP contribution >= 0.6 is 0 Å². The number of aromatic nitrogens is 2. The van der Waals surface area contributed by atoms with Crippen molar-refractivity contribution in [3.05, 3.63) is 108 Å². The van der Waals surface area contributed by atoms with E-state index in [9.17, 15) is 9.59 Å². The van der Waals surface area contributed by atoms with Crippen LogP contribution in [0.25, 0.3) is 21.8 Å². The molecule has 1 aromatic heterocycles. The fourth-order valence-electron chi connectivity index (χ4n) is 5.02. The van der Waals surface area contributed by atoms with Crippen molar-refractivity contribution in [3.63, 3.8) is 0 Å². The van der Waals surface area contributed by atoms with E-state index in [0.717, 1.165) is 34.4 Å². The first-order valence-corrected chi connectivity index (χ1v) is 12.9. The van der Waals surface area contributed by atoms with Crippen molar-refractivity contribution >= 4 is 39.5 Å². The Kier molecular flexibility index (Phi) is 6.48. The summed E-state index contributed by atoms with van der Waals surface area (Å²) in [5.74, 6) is 0.693. The highest BCUT2D eigenvalue weighted by molar-refractivity contribution is 5.97. The molecule has 2 heterocycles. The van der Waals surface area contributed by atoms with Crippen LogP contribution < -0.4 is 5.32 Å². The van der Waals surface area contributed by atoms with E-state index in [4.69, 9.17) is 9.72 Å². The van der Waals surface area contributed by atoms with E-state index in [2.05, 4.69) is 34.6 Å². The van der Waals surface area contributed by atoms with Crippen LogP contribution in [0.4, 0.5) is 10.5 Å². The average molecular weight is 505 g/mol. The molecule has 1 saturated heterocycles. The largest absolute Gasteiger partial charge is 0.445 e. The number of rotatable bonds is 6. The molecule has 4 aromatic carbocycles. The summed E-state index contributed by atoms with van der Waals surface area (Å²) in [4.78, 5) is 35.4. The molecule has 1 fully saturated rings. The summed E-state index contributed by atoms with van der Waals surface area (Å²) >= 11 is 0. The minimum absolute atomic E-state index is 0.188. The Bertz CT molecular complexity index is 1540. The molecule has 0 saturated carbocycles. The fourth-order valence-corrected chi connectivity index (χ4v) is 5.02. The van der Waals surface area contributed by atoms with E-state index >= 15 is 0 Å². The van der Waals surface area contributed by atoms with Gasteiger partial charge in [-0.2, -0.15) is 0 Å². The number of benzene rings is 4. The Morgan fingerprint density at radius 2 is 1.66 bits per heavy atom. The van der Waals surface area contributed by atoms with Crippen molar-refractivity contribution in [3.8, 4) is 0 Å². The lowest BCUT2D eigenvalue weighted by Gasteiger charge is -2.23. The second-order valence-electron chi connectivity index (χ2n) is 9.65. The minimum atomic E-state index is -0.538. The van der Waals surface area contributed by atoms with Crippen LogP contribution in [-0.2, 0) is 22.6 Å². The lowest BCUT2D eigenvalue weighted by Crippen LogP contribution is -2.43. The molecule has 0 aliphatic carbocycles. The van der Waals surface area contributed by atoms with E-state index in [-0.39, 0.29) is 12.5 Å². The standard InChI is InChI=1S/C31H28N4O3/c36-30(28-11-6-16-35(28)31(37)38-20-22-7-2-1-3-8-22)32-25-14-12-21(13-15-25)17-29-33-26-18-23-9-4-5-10-24(23)19-27(26)34-29/h1-5,7-10,12-15,18-19,28H,6,11,16-17,20H2,(H,32,36)(H,33,34). The van der Waals surface area contributed by atoms with Gasteiger partial charge in [0.15, 0.2) is 0 Å². The molecule has 0 radical (unpaired) electrons. The number of hydrogen-bond donors (Lipinski definition) is 2. The van der Waals surface area contributed by atoms with Crippen molar-refractivity contribution in [2.45, 2.75) is 31.9 Å². The smallest absolute Gasteiger partial charge is 0.410 e. The molecule has 7 nitrogen and oxygen atoms in total. The Morgan fingerprint density at radius 1 is 0.921 bits per heavy atom. The van der Waals surface area contributed by atoms with Gasteiger partial charge in [0.05, 0.1) is 11.0 Å². The predicted molar refractivity (Wildman–Crippen MR) is 148 cm³/mol. The number of fused-ring (bicyclic) bond motifs is 2. The third-order valence-corrected chi connectivity index (χ3v) is 6.99. The molecule has 6 rings (SSSR count). The maximum Gasteiger partial charge on any atom is 0.410 e. The second-order valence-corrected chi connectivity index (χ2v) is 9.65. The van der Waals surface area contributed by atoms with Gasteiger partial charge in [-0.25, -0.2) is 9.78 Å². The molecule has 1 atom stereocenters. The van der Waals surface area contributed by atoms with Crippen molar-refractivity contribution in [2.24, 2.45) is 0 Å². The number of carbonyl (C=O) groups excluding carboxylic acids is 2. The molecule has 2 N–H and O–H groups in total. The van der Waals surface area contributed by atoms with Gasteiger partial charge in [-0.15, -0.1) is 0 Å². The maximum absolute atomic E-state index is 13.0. The lowest BCUT2D eigenvalue weighted by molar-refractivity contribution is -0.120. The molecule has 38 heavy (non-hydrogen) atoms. The van der Waals surface area contributed by atoms with Crippen LogP contribution in [0.15, 0.2) is 91.0 Å². The number of H-pyrrole nitrogens is 1. The first-order valence-electron chi connectivity index (χ1n) is 12.9. The molecule has 2 amide bonds. The number of carbonyl (C=O) groups is 2. The summed E-state index contributed by atoms with van der Waals surface area (Å²) in [6.07, 6.45) is 1.58. The van der Waals surface area contributed by atoms with Gasteiger partial charge in [-0.05, 0) is 59.0 Å². The number of anilines is 1. The SMILES string of the molecule is O=C(Nc1ccc(Cc2nc3cc4ccccc4cc3[nH]2)cc1)C1CCCN1C(=O)OCc1ccccc1. The summed E-state index contributed by atoms with van der Waals surface area (Å²) in [5, 5.41) is 5.31. The highest BCUT2D eigenvalue weighted by Gasteiger charge is 2.35. The number of nitrogens with one attached hydrogen (secondary N) is 2. The van der Waals surface area contributed by atoms with Gasteiger partial charge in [-0.3, -0.25) is 9.69 Å². The van der Waals surface area contributed by atoms with Crippen LogP contribution in [0.1, 0.15) is 29.8 Å². The van der Waals surface area contributed by atoms with Gasteiger partial charge < -0.3 is 15.0 Å². The van der Waals surface area contributed by atoms with Crippen molar-refractivity contribution in [1.82, 2.24) is 14.9 Å². The van der Waals surface area contributed by atoms with E-state index in [0.29, 0.717) is 25.1 Å². The average Bonchev–Trinajstić information content (AvgIpc) is 3.59. The Balaban J connectivity index is 1.07. The van der Waals surface area contributed by atoms with Crippen LogP contribution in [0.3, 0.4) is 0 Å². The van der Waals surface area contributed by atoms with Gasteiger partial charge in [0.25, 0.3) is 0 Å². The Labute approximate surface area is 220 Å². The molecule has 1 aliphatic heterocycles. The first-order chi connectivity index (χ1) is 18.6. The zero-order valence-corrected chi connectivity index (χ0v) is 20.9. The molecule has 0 spiro atoms. The highest BCUT2D eigenvalue weighted by atomic mass is 16.6. The van der Waals surface area contributed by atoms with E-state index in [1.54, 1.807) is 0 Å². The van der Waals surface area contributed by atoms with Gasteiger partial charge in [0, 0.05) is 18.7 Å². The number of aromatic amines is 1. The molecular formula is C31H28N4O3. The zero-order valence-electron chi connectivity index (χ0n) is 20.9. The van der Waals surface area contributed by atoms with Crippen LogP contribution in [0, 0.1) is 0 Å². The van der Waals surface area contributed by atoms with Crippen LogP contribution in [-0.4, -0.2) is 39.5 Å². The topological polar surface area (TPSA) is 87.3 Å². The van der Waals surface area contributed by atoms with Gasteiger partial charge in [0.1, 0.15) is 18.5 Å². The summed E-state index contributed by atoms with van der Waals surface area (Å²) in [6.45, 7) is 0.700. The Morgan fingerprint density at radius 3 is 2.45 bits per heavy atom. The minimum Gasteiger partial charge on any atom is -0.445 e. The Hall–Kier alpha value is -4.65. The van der Waals surface area contributed by atoms with Crippen molar-refractivity contribution in [2.75, 3.05) is 11.9 Å². The van der Waals surface area contributed by atoms with E-state index in [1.165, 1.54) is 15.7 Å². The van der Waals surface area contributed by atoms with Gasteiger partial charge in [-0.1, -0.05) is 66.7 Å². The van der Waals surface area contributed by atoms with Gasteiger partial charge >= 0.3 is 6.09 Å². The van der Waals surface area contributed by atoms with E-state index in [1.807, 2.05) is 66.7 Å². The number of nitrogens with zero attached hydrogens (tertiary/aromatic N) is 2. The second kappa shape index (κ2) is 10.4. The van der Waals surface area contributed by atoms with Crippen LogP contribution in [0.5, 0.6) is 0 Å². The number of ether oxygens (including phenoxy) is 1. The maximum atomic E-state index is 13.0.